The van der Waals surface area contributed by atoms with Crippen molar-refractivity contribution in [2.45, 2.75) is 37.9 Å². The van der Waals surface area contributed by atoms with E-state index in [0.29, 0.717) is 32.0 Å². The summed E-state index contributed by atoms with van der Waals surface area (Å²) in [5.74, 6) is 0.974. The Morgan fingerprint density at radius 2 is 1.90 bits per heavy atom. The average Bonchev–Trinajstić information content (AvgIpc) is 3.12. The number of nitrogens with zero attached hydrogens (tertiary/aromatic N) is 1. The van der Waals surface area contributed by atoms with Crippen LogP contribution in [0.1, 0.15) is 33.1 Å². The molecule has 0 aromatic heterocycles. The molecular weight excluding hydrogens is 290 g/mol. The van der Waals surface area contributed by atoms with E-state index < -0.39 is 14.6 Å². The molecule has 1 aliphatic carbocycles. The molecule has 0 N–H and O–H groups in total. The molecule has 0 bridgehead atoms. The lowest BCUT2D eigenvalue weighted by molar-refractivity contribution is -0.141. The van der Waals surface area contributed by atoms with Crippen molar-refractivity contribution < 1.29 is 17.9 Å². The third kappa shape index (κ3) is 2.61. The van der Waals surface area contributed by atoms with Crippen LogP contribution in [0.15, 0.2) is 0 Å². The molecule has 0 unspecified atom stereocenters. The highest BCUT2D eigenvalue weighted by atomic mass is 32.2. The predicted octanol–water partition coefficient (Wildman–Crippen LogP) is 1.08. The van der Waals surface area contributed by atoms with Gasteiger partial charge in [-0.2, -0.15) is 0 Å². The number of sulfone groups is 1. The SMILES string of the molecule is CC(C)C(=O)N1CC2(C1)[C@H](COCC1CC1)CCS2(=O)=O. The Labute approximate surface area is 126 Å². The van der Waals surface area contributed by atoms with Gasteiger partial charge in [-0.3, -0.25) is 4.79 Å². The topological polar surface area (TPSA) is 63.7 Å². The lowest BCUT2D eigenvalue weighted by Gasteiger charge is -2.50. The molecule has 3 rings (SSSR count). The fraction of sp³-hybridized carbons (Fsp3) is 0.933. The van der Waals surface area contributed by atoms with Gasteiger partial charge < -0.3 is 9.64 Å². The summed E-state index contributed by atoms with van der Waals surface area (Å²) in [5, 5.41) is 0. The van der Waals surface area contributed by atoms with Gasteiger partial charge in [0.25, 0.3) is 0 Å². The molecule has 6 heteroatoms. The van der Waals surface area contributed by atoms with E-state index in [1.54, 1.807) is 4.90 Å². The van der Waals surface area contributed by atoms with Gasteiger partial charge in [-0.1, -0.05) is 13.8 Å². The highest BCUT2D eigenvalue weighted by Gasteiger charge is 2.62. The summed E-state index contributed by atoms with van der Waals surface area (Å²) >= 11 is 0. The van der Waals surface area contributed by atoms with Crippen LogP contribution in [0, 0.1) is 17.8 Å². The fourth-order valence-electron chi connectivity index (χ4n) is 3.49. The van der Waals surface area contributed by atoms with Crippen LogP contribution >= 0.6 is 0 Å². The Kier molecular flexibility index (Phi) is 3.81. The Morgan fingerprint density at radius 1 is 1.24 bits per heavy atom. The molecule has 2 heterocycles. The molecule has 120 valence electrons. The maximum absolute atomic E-state index is 12.4. The summed E-state index contributed by atoms with van der Waals surface area (Å²) in [6, 6.07) is 0. The minimum atomic E-state index is -3.10. The van der Waals surface area contributed by atoms with Gasteiger partial charge in [0.15, 0.2) is 9.84 Å². The van der Waals surface area contributed by atoms with Crippen LogP contribution in [-0.4, -0.2) is 56.0 Å². The molecule has 2 aliphatic heterocycles. The highest BCUT2D eigenvalue weighted by molar-refractivity contribution is 7.93. The van der Waals surface area contributed by atoms with Crippen LogP contribution in [0.5, 0.6) is 0 Å². The van der Waals surface area contributed by atoms with E-state index in [1.165, 1.54) is 12.8 Å². The zero-order valence-electron chi connectivity index (χ0n) is 12.9. The van der Waals surface area contributed by atoms with E-state index in [0.717, 1.165) is 6.61 Å². The van der Waals surface area contributed by atoms with Crippen molar-refractivity contribution in [2.24, 2.45) is 17.8 Å². The first-order valence-electron chi connectivity index (χ1n) is 7.94. The van der Waals surface area contributed by atoms with E-state index in [4.69, 9.17) is 4.74 Å². The minimum Gasteiger partial charge on any atom is -0.381 e. The Morgan fingerprint density at radius 3 is 2.48 bits per heavy atom. The quantitative estimate of drug-likeness (QED) is 0.762. The molecule has 21 heavy (non-hydrogen) atoms. The van der Waals surface area contributed by atoms with E-state index in [-0.39, 0.29) is 23.5 Å². The van der Waals surface area contributed by atoms with Crippen LogP contribution in [0.2, 0.25) is 0 Å². The molecule has 1 saturated carbocycles. The summed E-state index contributed by atoms with van der Waals surface area (Å²) in [5.41, 5.74) is 0. The average molecular weight is 315 g/mol. The van der Waals surface area contributed by atoms with Crippen LogP contribution < -0.4 is 0 Å². The summed E-state index contributed by atoms with van der Waals surface area (Å²) in [6.07, 6.45) is 3.16. The number of hydrogen-bond acceptors (Lipinski definition) is 4. The van der Waals surface area contributed by atoms with Crippen LogP contribution in [0.4, 0.5) is 0 Å². The van der Waals surface area contributed by atoms with Crippen molar-refractivity contribution in [3.8, 4) is 0 Å². The number of likely N-dealkylation sites (tertiary alicyclic amines) is 1. The predicted molar refractivity (Wildman–Crippen MR) is 79.6 cm³/mol. The Bertz CT molecular complexity index is 518. The highest BCUT2D eigenvalue weighted by Crippen LogP contribution is 2.45. The first-order valence-corrected chi connectivity index (χ1v) is 9.60. The Hall–Kier alpha value is -0.620. The minimum absolute atomic E-state index is 0.0532. The zero-order valence-corrected chi connectivity index (χ0v) is 13.7. The van der Waals surface area contributed by atoms with Gasteiger partial charge in [0.2, 0.25) is 5.91 Å². The van der Waals surface area contributed by atoms with Gasteiger partial charge in [-0.05, 0) is 25.2 Å². The summed E-state index contributed by atoms with van der Waals surface area (Å²) in [7, 11) is -3.10. The van der Waals surface area contributed by atoms with Gasteiger partial charge in [-0.15, -0.1) is 0 Å². The standard InChI is InChI=1S/C15H25NO4S/c1-11(2)14(17)16-9-15(10-16)13(5-6-21(15,18)19)8-20-7-12-3-4-12/h11-13H,3-10H2,1-2H3/t13-/m0/s1. The van der Waals surface area contributed by atoms with Gasteiger partial charge in [0, 0.05) is 31.5 Å². The van der Waals surface area contributed by atoms with Crippen LogP contribution in [0.3, 0.4) is 0 Å². The molecule has 2 saturated heterocycles. The second-order valence-corrected chi connectivity index (χ2v) is 9.65. The van der Waals surface area contributed by atoms with E-state index in [1.807, 2.05) is 13.8 Å². The second kappa shape index (κ2) is 5.23. The van der Waals surface area contributed by atoms with Crippen molar-refractivity contribution in [1.82, 2.24) is 4.90 Å². The number of rotatable bonds is 5. The number of hydrogen-bond donors (Lipinski definition) is 0. The number of ether oxygens (including phenoxy) is 1. The van der Waals surface area contributed by atoms with Gasteiger partial charge in [-0.25, -0.2) is 8.42 Å². The van der Waals surface area contributed by atoms with Crippen molar-refractivity contribution in [3.05, 3.63) is 0 Å². The number of amides is 1. The first-order chi connectivity index (χ1) is 9.86. The lowest BCUT2D eigenvalue weighted by Crippen LogP contribution is -2.69. The van der Waals surface area contributed by atoms with E-state index in [2.05, 4.69) is 0 Å². The zero-order chi connectivity index (χ0) is 15.3. The molecule has 3 aliphatic rings. The second-order valence-electron chi connectivity index (χ2n) is 7.20. The molecule has 5 nitrogen and oxygen atoms in total. The number of carbonyl (C=O) groups excluding carboxylic acids is 1. The Balaban J connectivity index is 1.63. The van der Waals surface area contributed by atoms with Gasteiger partial charge >= 0.3 is 0 Å². The molecule has 0 aromatic rings. The molecule has 1 atom stereocenters. The van der Waals surface area contributed by atoms with Gasteiger partial charge in [0.1, 0.15) is 4.75 Å². The third-order valence-corrected chi connectivity index (χ3v) is 7.79. The van der Waals surface area contributed by atoms with Crippen molar-refractivity contribution >= 4 is 15.7 Å². The van der Waals surface area contributed by atoms with Crippen molar-refractivity contribution in [1.29, 1.82) is 0 Å². The van der Waals surface area contributed by atoms with Crippen LogP contribution in [0.25, 0.3) is 0 Å². The number of carbonyl (C=O) groups is 1. The summed E-state index contributed by atoms with van der Waals surface area (Å²) < 4.78 is 29.9. The molecule has 1 amide bonds. The molecule has 0 radical (unpaired) electrons. The fourth-order valence-corrected chi connectivity index (χ4v) is 5.89. The first kappa shape index (κ1) is 15.3. The van der Waals surface area contributed by atoms with E-state index >= 15 is 0 Å². The normalized spacial score (nSPS) is 29.9. The molecule has 3 fully saturated rings. The molecule has 0 aromatic carbocycles. The molecule has 1 spiro atoms. The van der Waals surface area contributed by atoms with Crippen LogP contribution in [-0.2, 0) is 19.4 Å². The van der Waals surface area contributed by atoms with E-state index in [9.17, 15) is 13.2 Å². The monoisotopic (exact) mass is 315 g/mol. The van der Waals surface area contributed by atoms with Crippen molar-refractivity contribution in [2.75, 3.05) is 32.1 Å². The lowest BCUT2D eigenvalue weighted by atomic mass is 9.83. The maximum atomic E-state index is 12.4. The van der Waals surface area contributed by atoms with Gasteiger partial charge in [0.05, 0.1) is 12.4 Å². The molecular formula is C15H25NO4S. The summed E-state index contributed by atoms with van der Waals surface area (Å²) in [6.45, 7) is 5.73. The smallest absolute Gasteiger partial charge is 0.225 e. The summed E-state index contributed by atoms with van der Waals surface area (Å²) in [4.78, 5) is 13.7. The maximum Gasteiger partial charge on any atom is 0.225 e. The van der Waals surface area contributed by atoms with Crippen molar-refractivity contribution in [3.63, 3.8) is 0 Å². The third-order valence-electron chi connectivity index (χ3n) is 5.19. The largest absolute Gasteiger partial charge is 0.381 e.